The lowest BCUT2D eigenvalue weighted by atomic mass is 10.2. The molecule has 0 aromatic heterocycles. The Morgan fingerprint density at radius 1 is 1.53 bits per heavy atom. The molecule has 0 amide bonds. The second-order valence-electron chi connectivity index (χ2n) is 2.67. The fourth-order valence-corrected chi connectivity index (χ4v) is 1.56. The predicted molar refractivity (Wildman–Crippen MR) is 59.1 cm³/mol. The first-order valence-corrected chi connectivity index (χ1v) is 4.78. The topological polar surface area (TPSA) is 46.5 Å². The summed E-state index contributed by atoms with van der Waals surface area (Å²) in [5.74, 6) is -1.04. The largest absolute Gasteiger partial charge is 0.487 e. The molecule has 5 heteroatoms. The highest BCUT2D eigenvalue weighted by Crippen LogP contribution is 2.32. The summed E-state index contributed by atoms with van der Waals surface area (Å²) in [7, 11) is 0. The zero-order valence-electron chi connectivity index (χ0n) is 7.67. The molecule has 15 heavy (non-hydrogen) atoms. The molecule has 0 aliphatic rings. The van der Waals surface area contributed by atoms with Crippen LogP contribution in [0.4, 0.5) is 0 Å². The van der Waals surface area contributed by atoms with E-state index in [9.17, 15) is 4.79 Å². The Bertz CT molecular complexity index is 402. The number of carboxylic acids is 1. The smallest absolute Gasteiger partial charge is 0.339 e. The van der Waals surface area contributed by atoms with Gasteiger partial charge in [-0.25, -0.2) is 4.79 Å². The second kappa shape index (κ2) is 5.05. The van der Waals surface area contributed by atoms with E-state index in [0.717, 1.165) is 0 Å². The minimum atomic E-state index is -1.14. The van der Waals surface area contributed by atoms with Crippen LogP contribution in [-0.2, 0) is 0 Å². The summed E-state index contributed by atoms with van der Waals surface area (Å²) in [6, 6.07) is 2.71. The van der Waals surface area contributed by atoms with Crippen molar-refractivity contribution in [1.29, 1.82) is 0 Å². The standard InChI is InChI=1S/C10H8Cl2O3/c1-2-3-15-9-7(10(13)14)4-6(11)5-8(9)12/h2,4-5H,1,3H2,(H,13,14). The van der Waals surface area contributed by atoms with Crippen molar-refractivity contribution in [2.24, 2.45) is 0 Å². The molecule has 80 valence electrons. The number of halogens is 2. The van der Waals surface area contributed by atoms with E-state index >= 15 is 0 Å². The number of benzene rings is 1. The van der Waals surface area contributed by atoms with Crippen molar-refractivity contribution >= 4 is 29.2 Å². The SMILES string of the molecule is C=CCOc1c(Cl)cc(Cl)cc1C(=O)O. The van der Waals surface area contributed by atoms with E-state index in [1.807, 2.05) is 0 Å². The van der Waals surface area contributed by atoms with Crippen molar-refractivity contribution in [1.82, 2.24) is 0 Å². The number of aromatic carboxylic acids is 1. The molecular weight excluding hydrogens is 239 g/mol. The maximum absolute atomic E-state index is 10.9. The third kappa shape index (κ3) is 2.88. The van der Waals surface area contributed by atoms with E-state index in [2.05, 4.69) is 6.58 Å². The van der Waals surface area contributed by atoms with Crippen LogP contribution in [0.25, 0.3) is 0 Å². The summed E-state index contributed by atoms with van der Waals surface area (Å²) >= 11 is 11.5. The maximum Gasteiger partial charge on any atom is 0.339 e. The third-order valence-corrected chi connectivity index (χ3v) is 2.08. The molecule has 0 spiro atoms. The van der Waals surface area contributed by atoms with Gasteiger partial charge in [-0.05, 0) is 12.1 Å². The Hall–Kier alpha value is -1.19. The Kier molecular flexibility index (Phi) is 4.00. The fourth-order valence-electron chi connectivity index (χ4n) is 1.01. The molecule has 1 rings (SSSR count). The number of carboxylic acid groups (broad SMARTS) is 1. The molecule has 0 heterocycles. The van der Waals surface area contributed by atoms with Gasteiger partial charge in [-0.1, -0.05) is 35.9 Å². The average molecular weight is 247 g/mol. The van der Waals surface area contributed by atoms with Gasteiger partial charge in [-0.15, -0.1) is 0 Å². The third-order valence-electron chi connectivity index (χ3n) is 1.58. The summed E-state index contributed by atoms with van der Waals surface area (Å²) in [5.41, 5.74) is -0.0608. The first-order chi connectivity index (χ1) is 7.06. The van der Waals surface area contributed by atoms with Gasteiger partial charge in [0.05, 0.1) is 5.02 Å². The molecule has 0 fully saturated rings. The number of ether oxygens (including phenoxy) is 1. The molecule has 1 N–H and O–H groups in total. The van der Waals surface area contributed by atoms with Gasteiger partial charge in [0.1, 0.15) is 12.2 Å². The van der Waals surface area contributed by atoms with Crippen LogP contribution < -0.4 is 4.74 Å². The lowest BCUT2D eigenvalue weighted by Gasteiger charge is -2.09. The van der Waals surface area contributed by atoms with Crippen molar-refractivity contribution in [2.45, 2.75) is 0 Å². The van der Waals surface area contributed by atoms with Crippen LogP contribution in [0.2, 0.25) is 10.0 Å². The summed E-state index contributed by atoms with van der Waals surface area (Å²) in [6.45, 7) is 3.64. The molecule has 0 saturated carbocycles. The summed E-state index contributed by atoms with van der Waals surface area (Å²) in [5, 5.41) is 9.31. The number of hydrogen-bond acceptors (Lipinski definition) is 2. The quantitative estimate of drug-likeness (QED) is 0.830. The van der Waals surface area contributed by atoms with Crippen LogP contribution in [0, 0.1) is 0 Å². The Morgan fingerprint density at radius 3 is 2.73 bits per heavy atom. The average Bonchev–Trinajstić information content (AvgIpc) is 2.15. The summed E-state index contributed by atoms with van der Waals surface area (Å²) in [4.78, 5) is 10.9. The number of hydrogen-bond donors (Lipinski definition) is 1. The summed E-state index contributed by atoms with van der Waals surface area (Å²) in [6.07, 6.45) is 1.50. The normalized spacial score (nSPS) is 9.73. The molecule has 1 aromatic rings. The van der Waals surface area contributed by atoms with Gasteiger partial charge in [0.2, 0.25) is 0 Å². The maximum atomic E-state index is 10.9. The van der Waals surface area contributed by atoms with Gasteiger partial charge < -0.3 is 9.84 Å². The van der Waals surface area contributed by atoms with Gasteiger partial charge in [-0.3, -0.25) is 0 Å². The lowest BCUT2D eigenvalue weighted by molar-refractivity contribution is 0.0693. The minimum absolute atomic E-state index is 0.0608. The van der Waals surface area contributed by atoms with Crippen LogP contribution in [-0.4, -0.2) is 17.7 Å². The van der Waals surface area contributed by atoms with Crippen molar-refractivity contribution in [3.8, 4) is 5.75 Å². The highest BCUT2D eigenvalue weighted by atomic mass is 35.5. The highest BCUT2D eigenvalue weighted by Gasteiger charge is 2.15. The zero-order valence-corrected chi connectivity index (χ0v) is 9.18. The highest BCUT2D eigenvalue weighted by molar-refractivity contribution is 6.36. The molecular formula is C10H8Cl2O3. The van der Waals surface area contributed by atoms with Crippen LogP contribution in [0.15, 0.2) is 24.8 Å². The molecule has 3 nitrogen and oxygen atoms in total. The first kappa shape index (κ1) is 11.9. The fraction of sp³-hybridized carbons (Fsp3) is 0.100. The first-order valence-electron chi connectivity index (χ1n) is 4.02. The van der Waals surface area contributed by atoms with Crippen LogP contribution in [0.1, 0.15) is 10.4 Å². The van der Waals surface area contributed by atoms with E-state index in [1.54, 1.807) is 0 Å². The molecule has 0 radical (unpaired) electrons. The van der Waals surface area contributed by atoms with Crippen molar-refractivity contribution in [2.75, 3.05) is 6.61 Å². The Morgan fingerprint density at radius 2 is 2.20 bits per heavy atom. The van der Waals surface area contributed by atoms with Crippen molar-refractivity contribution in [3.05, 3.63) is 40.4 Å². The van der Waals surface area contributed by atoms with Gasteiger partial charge >= 0.3 is 5.97 Å². The summed E-state index contributed by atoms with van der Waals surface area (Å²) < 4.78 is 5.14. The van der Waals surface area contributed by atoms with E-state index in [0.29, 0.717) is 0 Å². The molecule has 0 aliphatic carbocycles. The van der Waals surface area contributed by atoms with Crippen LogP contribution in [0.5, 0.6) is 5.75 Å². The van der Waals surface area contributed by atoms with Gasteiger partial charge in [0, 0.05) is 5.02 Å². The van der Waals surface area contributed by atoms with E-state index in [1.165, 1.54) is 18.2 Å². The van der Waals surface area contributed by atoms with E-state index < -0.39 is 5.97 Å². The lowest BCUT2D eigenvalue weighted by Crippen LogP contribution is -2.03. The van der Waals surface area contributed by atoms with Crippen LogP contribution in [0.3, 0.4) is 0 Å². The van der Waals surface area contributed by atoms with Gasteiger partial charge in [0.25, 0.3) is 0 Å². The molecule has 0 aliphatic heterocycles. The van der Waals surface area contributed by atoms with Gasteiger partial charge in [-0.2, -0.15) is 0 Å². The molecule has 1 aromatic carbocycles. The number of carbonyl (C=O) groups is 1. The molecule has 0 bridgehead atoms. The number of rotatable bonds is 4. The predicted octanol–water partition coefficient (Wildman–Crippen LogP) is 3.26. The molecule has 0 atom stereocenters. The minimum Gasteiger partial charge on any atom is -0.487 e. The zero-order chi connectivity index (χ0) is 11.4. The Labute approximate surface area is 96.9 Å². The van der Waals surface area contributed by atoms with Crippen molar-refractivity contribution < 1.29 is 14.6 Å². The van der Waals surface area contributed by atoms with Crippen molar-refractivity contribution in [3.63, 3.8) is 0 Å². The van der Waals surface area contributed by atoms with E-state index in [-0.39, 0.29) is 28.0 Å². The van der Waals surface area contributed by atoms with Gasteiger partial charge in [0.15, 0.2) is 5.75 Å². The molecule has 0 saturated heterocycles. The monoisotopic (exact) mass is 246 g/mol. The van der Waals surface area contributed by atoms with E-state index in [4.69, 9.17) is 33.0 Å². The van der Waals surface area contributed by atoms with Crippen LogP contribution >= 0.6 is 23.2 Å². The Balaban J connectivity index is 3.20. The molecule has 0 unspecified atom stereocenters. The second-order valence-corrected chi connectivity index (χ2v) is 3.51.